The minimum absolute atomic E-state index is 0.0366. The third-order valence-corrected chi connectivity index (χ3v) is 2.44. The van der Waals surface area contributed by atoms with Crippen molar-refractivity contribution in [2.75, 3.05) is 39.9 Å². The van der Waals surface area contributed by atoms with E-state index in [1.54, 1.807) is 32.7 Å². The molecule has 6 heteroatoms. The van der Waals surface area contributed by atoms with Crippen LogP contribution < -0.4 is 0 Å². The molecule has 2 amide bonds. The van der Waals surface area contributed by atoms with Crippen LogP contribution in [0.2, 0.25) is 0 Å². The van der Waals surface area contributed by atoms with Crippen LogP contribution in [0.5, 0.6) is 0 Å². The highest BCUT2D eigenvalue weighted by Crippen LogP contribution is 2.09. The normalized spacial score (nSPS) is 16.3. The third-order valence-electron chi connectivity index (χ3n) is 2.44. The molecule has 1 rings (SSSR count). The molecule has 0 aromatic carbocycles. The molecule has 0 saturated carbocycles. The average Bonchev–Trinajstić information content (AvgIpc) is 2.27. The molecule has 6 nitrogen and oxygen atoms in total. The number of hydrogen-bond donors (Lipinski definition) is 0. The van der Waals surface area contributed by atoms with Crippen LogP contribution in [-0.2, 0) is 14.3 Å². The number of carbonyl (C=O) groups is 2. The van der Waals surface area contributed by atoms with Crippen molar-refractivity contribution in [1.82, 2.24) is 9.80 Å². The fourth-order valence-corrected chi connectivity index (χ4v) is 1.52. The highest BCUT2D eigenvalue weighted by atomic mass is 16.6. The van der Waals surface area contributed by atoms with Crippen LogP contribution in [0.4, 0.5) is 4.79 Å². The topological polar surface area (TPSA) is 59.1 Å². The molecule has 1 heterocycles. The number of nitrogens with zero attached hydrogens (tertiary/aromatic N) is 2. The lowest BCUT2D eigenvalue weighted by molar-refractivity contribution is -0.136. The van der Waals surface area contributed by atoms with Crippen molar-refractivity contribution in [3.05, 3.63) is 0 Å². The summed E-state index contributed by atoms with van der Waals surface area (Å²) < 4.78 is 10.3. The van der Waals surface area contributed by atoms with E-state index < -0.39 is 11.7 Å². The lowest BCUT2D eigenvalue weighted by Gasteiger charge is -2.29. The Bertz CT molecular complexity index is 306. The molecule has 1 saturated heterocycles. The summed E-state index contributed by atoms with van der Waals surface area (Å²) in [5.41, 5.74) is -0.548. The van der Waals surface area contributed by atoms with Crippen LogP contribution in [0.1, 0.15) is 20.8 Å². The Kier molecular flexibility index (Phi) is 4.95. The first-order valence-corrected chi connectivity index (χ1v) is 6.09. The van der Waals surface area contributed by atoms with Gasteiger partial charge < -0.3 is 19.3 Å². The molecule has 0 bridgehead atoms. The number of rotatable bonds is 2. The summed E-state index contributed by atoms with van der Waals surface area (Å²) >= 11 is 0. The van der Waals surface area contributed by atoms with E-state index in [-0.39, 0.29) is 12.5 Å². The molecule has 0 aliphatic carbocycles. The molecule has 1 aliphatic heterocycles. The standard InChI is InChI=1S/C12H22N2O4/c1-12(2,3)18-11(16)13(4)9-10(15)14-5-7-17-8-6-14/h5-9H2,1-4H3. The minimum Gasteiger partial charge on any atom is -0.444 e. The van der Waals surface area contributed by atoms with Gasteiger partial charge in [-0.25, -0.2) is 4.79 Å². The molecule has 1 fully saturated rings. The van der Waals surface area contributed by atoms with Gasteiger partial charge in [0.05, 0.1) is 13.2 Å². The fraction of sp³-hybridized carbons (Fsp3) is 0.833. The molecule has 18 heavy (non-hydrogen) atoms. The van der Waals surface area contributed by atoms with Crippen LogP contribution in [0.25, 0.3) is 0 Å². The number of morpholine rings is 1. The van der Waals surface area contributed by atoms with E-state index in [9.17, 15) is 9.59 Å². The second-order valence-corrected chi connectivity index (χ2v) is 5.33. The Labute approximate surface area is 108 Å². The predicted molar refractivity (Wildman–Crippen MR) is 66.3 cm³/mol. The molecular formula is C12H22N2O4. The Balaban J connectivity index is 2.41. The summed E-state index contributed by atoms with van der Waals surface area (Å²) in [5.74, 6) is -0.0772. The van der Waals surface area contributed by atoms with Gasteiger partial charge in [-0.1, -0.05) is 0 Å². The molecule has 0 spiro atoms. The number of likely N-dealkylation sites (N-methyl/N-ethyl adjacent to an activating group) is 1. The molecule has 0 aromatic rings. The zero-order chi connectivity index (χ0) is 13.8. The van der Waals surface area contributed by atoms with Gasteiger partial charge in [-0.15, -0.1) is 0 Å². The number of hydrogen-bond acceptors (Lipinski definition) is 4. The van der Waals surface area contributed by atoms with Crippen LogP contribution >= 0.6 is 0 Å². The highest BCUT2D eigenvalue weighted by molar-refractivity contribution is 5.82. The average molecular weight is 258 g/mol. The van der Waals surface area contributed by atoms with E-state index in [1.165, 1.54) is 4.90 Å². The zero-order valence-corrected chi connectivity index (χ0v) is 11.6. The first kappa shape index (κ1) is 14.8. The summed E-state index contributed by atoms with van der Waals surface area (Å²) in [5, 5.41) is 0. The van der Waals surface area contributed by atoms with Gasteiger partial charge in [0, 0.05) is 20.1 Å². The summed E-state index contributed by atoms with van der Waals surface area (Å²) in [4.78, 5) is 26.6. The molecule has 0 atom stereocenters. The highest BCUT2D eigenvalue weighted by Gasteiger charge is 2.23. The Hall–Kier alpha value is -1.30. The van der Waals surface area contributed by atoms with Crippen LogP contribution in [0.15, 0.2) is 0 Å². The van der Waals surface area contributed by atoms with Gasteiger partial charge in [0.1, 0.15) is 12.1 Å². The maximum atomic E-state index is 11.9. The fourth-order valence-electron chi connectivity index (χ4n) is 1.52. The van der Waals surface area contributed by atoms with Crippen molar-refractivity contribution < 1.29 is 19.1 Å². The molecule has 0 aromatic heterocycles. The van der Waals surface area contributed by atoms with Gasteiger partial charge in [0.25, 0.3) is 0 Å². The molecule has 0 radical (unpaired) electrons. The predicted octanol–water partition coefficient (Wildman–Crippen LogP) is 0.712. The maximum Gasteiger partial charge on any atom is 0.410 e. The van der Waals surface area contributed by atoms with Crippen molar-refractivity contribution in [3.63, 3.8) is 0 Å². The lowest BCUT2D eigenvalue weighted by Crippen LogP contribution is -2.46. The third kappa shape index (κ3) is 4.91. The van der Waals surface area contributed by atoms with Crippen LogP contribution in [0, 0.1) is 0 Å². The number of amides is 2. The Morgan fingerprint density at radius 1 is 1.28 bits per heavy atom. The van der Waals surface area contributed by atoms with Crippen LogP contribution in [0.3, 0.4) is 0 Å². The summed E-state index contributed by atoms with van der Waals surface area (Å²) in [7, 11) is 1.56. The number of carbonyl (C=O) groups excluding carboxylic acids is 2. The molecule has 0 unspecified atom stereocenters. The quantitative estimate of drug-likeness (QED) is 0.732. The first-order chi connectivity index (χ1) is 8.29. The lowest BCUT2D eigenvalue weighted by atomic mass is 10.2. The van der Waals surface area contributed by atoms with Gasteiger partial charge in [-0.3, -0.25) is 4.79 Å². The van der Waals surface area contributed by atoms with Gasteiger partial charge in [-0.05, 0) is 20.8 Å². The van der Waals surface area contributed by atoms with Gasteiger partial charge in [0.15, 0.2) is 0 Å². The van der Waals surface area contributed by atoms with E-state index in [0.717, 1.165) is 0 Å². The van der Waals surface area contributed by atoms with Gasteiger partial charge in [-0.2, -0.15) is 0 Å². The Morgan fingerprint density at radius 3 is 2.33 bits per heavy atom. The Morgan fingerprint density at radius 2 is 1.83 bits per heavy atom. The largest absolute Gasteiger partial charge is 0.444 e. The van der Waals surface area contributed by atoms with Gasteiger partial charge >= 0.3 is 6.09 Å². The van der Waals surface area contributed by atoms with E-state index in [0.29, 0.717) is 26.3 Å². The minimum atomic E-state index is -0.548. The second kappa shape index (κ2) is 6.04. The summed E-state index contributed by atoms with van der Waals surface area (Å²) in [6.45, 7) is 7.70. The van der Waals surface area contributed by atoms with E-state index in [4.69, 9.17) is 9.47 Å². The van der Waals surface area contributed by atoms with Crippen molar-refractivity contribution in [2.24, 2.45) is 0 Å². The zero-order valence-electron chi connectivity index (χ0n) is 11.6. The van der Waals surface area contributed by atoms with Crippen molar-refractivity contribution in [1.29, 1.82) is 0 Å². The smallest absolute Gasteiger partial charge is 0.410 e. The molecule has 1 aliphatic rings. The van der Waals surface area contributed by atoms with E-state index in [2.05, 4.69) is 0 Å². The number of ether oxygens (including phenoxy) is 2. The second-order valence-electron chi connectivity index (χ2n) is 5.33. The van der Waals surface area contributed by atoms with E-state index in [1.807, 2.05) is 0 Å². The van der Waals surface area contributed by atoms with Crippen molar-refractivity contribution in [3.8, 4) is 0 Å². The van der Waals surface area contributed by atoms with Crippen molar-refractivity contribution >= 4 is 12.0 Å². The van der Waals surface area contributed by atoms with E-state index >= 15 is 0 Å². The maximum absolute atomic E-state index is 11.9. The summed E-state index contributed by atoms with van der Waals surface area (Å²) in [6, 6.07) is 0. The van der Waals surface area contributed by atoms with Crippen molar-refractivity contribution in [2.45, 2.75) is 26.4 Å². The SMILES string of the molecule is CN(CC(=O)N1CCOCC1)C(=O)OC(C)(C)C. The van der Waals surface area contributed by atoms with Crippen LogP contribution in [-0.4, -0.2) is 67.3 Å². The monoisotopic (exact) mass is 258 g/mol. The molecule has 0 N–H and O–H groups in total. The first-order valence-electron chi connectivity index (χ1n) is 6.09. The van der Waals surface area contributed by atoms with Gasteiger partial charge in [0.2, 0.25) is 5.91 Å². The summed E-state index contributed by atoms with van der Waals surface area (Å²) in [6.07, 6.45) is -0.482. The molecule has 104 valence electrons. The molecular weight excluding hydrogens is 236 g/mol.